The van der Waals surface area contributed by atoms with Crippen LogP contribution < -0.4 is 10.1 Å². The van der Waals surface area contributed by atoms with E-state index in [0.29, 0.717) is 0 Å². The average molecular weight is 217 g/mol. The molecule has 16 heavy (non-hydrogen) atoms. The zero-order chi connectivity index (χ0) is 11.4. The second kappa shape index (κ2) is 4.86. The van der Waals surface area contributed by atoms with Crippen molar-refractivity contribution in [2.24, 2.45) is 0 Å². The van der Waals surface area contributed by atoms with Crippen molar-refractivity contribution in [1.82, 2.24) is 5.32 Å². The van der Waals surface area contributed by atoms with E-state index in [1.807, 2.05) is 37.4 Å². The molecule has 0 fully saturated rings. The van der Waals surface area contributed by atoms with Crippen LogP contribution in [-0.2, 0) is 0 Å². The lowest BCUT2D eigenvalue weighted by molar-refractivity contribution is 0.405. The van der Waals surface area contributed by atoms with E-state index >= 15 is 0 Å². The SMILES string of the molecule is CNC(c1ccoc1)c1ccccc1OC. The van der Waals surface area contributed by atoms with Crippen molar-refractivity contribution in [3.63, 3.8) is 0 Å². The minimum absolute atomic E-state index is 0.0925. The molecule has 3 nitrogen and oxygen atoms in total. The quantitative estimate of drug-likeness (QED) is 0.854. The molecular weight excluding hydrogens is 202 g/mol. The topological polar surface area (TPSA) is 34.4 Å². The van der Waals surface area contributed by atoms with Gasteiger partial charge in [0.1, 0.15) is 5.75 Å². The van der Waals surface area contributed by atoms with E-state index < -0.39 is 0 Å². The van der Waals surface area contributed by atoms with E-state index in [2.05, 4.69) is 5.32 Å². The normalized spacial score (nSPS) is 12.4. The molecule has 2 aromatic rings. The van der Waals surface area contributed by atoms with Crippen molar-refractivity contribution in [3.05, 3.63) is 54.0 Å². The van der Waals surface area contributed by atoms with Crippen molar-refractivity contribution in [2.75, 3.05) is 14.2 Å². The van der Waals surface area contributed by atoms with Gasteiger partial charge in [0.05, 0.1) is 25.7 Å². The maximum absolute atomic E-state index is 5.36. The molecule has 1 N–H and O–H groups in total. The fourth-order valence-electron chi connectivity index (χ4n) is 1.85. The molecule has 1 heterocycles. The molecule has 1 unspecified atom stereocenters. The molecule has 1 aromatic carbocycles. The summed E-state index contributed by atoms with van der Waals surface area (Å²) in [6, 6.07) is 10.0. The third kappa shape index (κ3) is 1.95. The molecule has 0 spiro atoms. The maximum atomic E-state index is 5.36. The Morgan fingerprint density at radius 3 is 2.69 bits per heavy atom. The van der Waals surface area contributed by atoms with Crippen LogP contribution in [0.4, 0.5) is 0 Å². The summed E-state index contributed by atoms with van der Waals surface area (Å²) in [4.78, 5) is 0. The molecule has 0 aliphatic heterocycles. The van der Waals surface area contributed by atoms with Gasteiger partial charge >= 0.3 is 0 Å². The molecule has 0 saturated carbocycles. The summed E-state index contributed by atoms with van der Waals surface area (Å²) >= 11 is 0. The van der Waals surface area contributed by atoms with Crippen LogP contribution in [0, 0.1) is 0 Å². The van der Waals surface area contributed by atoms with Gasteiger partial charge in [0.25, 0.3) is 0 Å². The molecule has 84 valence electrons. The third-order valence-electron chi connectivity index (χ3n) is 2.62. The summed E-state index contributed by atoms with van der Waals surface area (Å²) in [7, 11) is 3.60. The number of ether oxygens (including phenoxy) is 1. The average Bonchev–Trinajstić information content (AvgIpc) is 2.84. The highest BCUT2D eigenvalue weighted by Gasteiger charge is 2.16. The number of furan rings is 1. The Bertz CT molecular complexity index is 437. The summed E-state index contributed by atoms with van der Waals surface area (Å²) in [6.07, 6.45) is 3.42. The first kappa shape index (κ1) is 10.8. The smallest absolute Gasteiger partial charge is 0.123 e. The Morgan fingerprint density at radius 2 is 2.06 bits per heavy atom. The van der Waals surface area contributed by atoms with Gasteiger partial charge in [-0.25, -0.2) is 0 Å². The van der Waals surface area contributed by atoms with Crippen molar-refractivity contribution >= 4 is 0 Å². The third-order valence-corrected chi connectivity index (χ3v) is 2.62. The van der Waals surface area contributed by atoms with Crippen molar-refractivity contribution in [3.8, 4) is 5.75 Å². The maximum Gasteiger partial charge on any atom is 0.123 e. The van der Waals surface area contributed by atoms with Gasteiger partial charge in [-0.3, -0.25) is 0 Å². The predicted octanol–water partition coefficient (Wildman–Crippen LogP) is 2.60. The van der Waals surface area contributed by atoms with Crippen molar-refractivity contribution < 1.29 is 9.15 Å². The van der Waals surface area contributed by atoms with Gasteiger partial charge in [-0.05, 0) is 19.2 Å². The molecule has 0 radical (unpaired) electrons. The van der Waals surface area contributed by atoms with E-state index in [1.165, 1.54) is 0 Å². The molecule has 2 rings (SSSR count). The van der Waals surface area contributed by atoms with Gasteiger partial charge in [-0.1, -0.05) is 18.2 Å². The Kier molecular flexibility index (Phi) is 3.27. The summed E-state index contributed by atoms with van der Waals surface area (Å²) in [5, 5.41) is 3.26. The fourth-order valence-corrected chi connectivity index (χ4v) is 1.85. The Labute approximate surface area is 95.0 Å². The molecule has 0 amide bonds. The van der Waals surface area contributed by atoms with E-state index in [0.717, 1.165) is 16.9 Å². The predicted molar refractivity (Wildman–Crippen MR) is 62.6 cm³/mol. The number of nitrogens with one attached hydrogen (secondary N) is 1. The highest BCUT2D eigenvalue weighted by atomic mass is 16.5. The molecule has 1 atom stereocenters. The van der Waals surface area contributed by atoms with Gasteiger partial charge in [0, 0.05) is 11.1 Å². The monoisotopic (exact) mass is 217 g/mol. The van der Waals surface area contributed by atoms with Crippen molar-refractivity contribution in [1.29, 1.82) is 0 Å². The second-order valence-corrected chi connectivity index (χ2v) is 3.52. The molecular formula is C13H15NO2. The van der Waals surface area contributed by atoms with Crippen LogP contribution in [0.15, 0.2) is 47.3 Å². The van der Waals surface area contributed by atoms with E-state index in [9.17, 15) is 0 Å². The minimum Gasteiger partial charge on any atom is -0.496 e. The number of rotatable bonds is 4. The zero-order valence-electron chi connectivity index (χ0n) is 9.44. The molecule has 3 heteroatoms. The molecule has 0 saturated heterocycles. The first-order valence-corrected chi connectivity index (χ1v) is 5.19. The number of hydrogen-bond acceptors (Lipinski definition) is 3. The summed E-state index contributed by atoms with van der Waals surface area (Å²) < 4.78 is 10.5. The number of para-hydroxylation sites is 1. The van der Waals surface area contributed by atoms with Crippen LogP contribution in [0.1, 0.15) is 17.2 Å². The Hall–Kier alpha value is -1.74. The lowest BCUT2D eigenvalue weighted by atomic mass is 10.0. The molecule has 0 aliphatic rings. The van der Waals surface area contributed by atoms with Crippen LogP contribution in [0.25, 0.3) is 0 Å². The van der Waals surface area contributed by atoms with Crippen LogP contribution in [0.2, 0.25) is 0 Å². The summed E-state index contributed by atoms with van der Waals surface area (Å²) in [5.74, 6) is 0.878. The first-order chi connectivity index (χ1) is 7.86. The van der Waals surface area contributed by atoms with Gasteiger partial charge in [-0.15, -0.1) is 0 Å². The van der Waals surface area contributed by atoms with E-state index in [-0.39, 0.29) is 6.04 Å². The van der Waals surface area contributed by atoms with Crippen molar-refractivity contribution in [2.45, 2.75) is 6.04 Å². The summed E-state index contributed by atoms with van der Waals surface area (Å²) in [6.45, 7) is 0. The number of hydrogen-bond donors (Lipinski definition) is 1. The van der Waals surface area contributed by atoms with E-state index in [4.69, 9.17) is 9.15 Å². The highest BCUT2D eigenvalue weighted by molar-refractivity contribution is 5.40. The lowest BCUT2D eigenvalue weighted by Crippen LogP contribution is -2.17. The molecule has 0 bridgehead atoms. The molecule has 0 aliphatic carbocycles. The second-order valence-electron chi connectivity index (χ2n) is 3.52. The number of methoxy groups -OCH3 is 1. The van der Waals surface area contributed by atoms with Crippen LogP contribution in [-0.4, -0.2) is 14.2 Å². The summed E-state index contributed by atoms with van der Waals surface area (Å²) in [5.41, 5.74) is 2.20. The Balaban J connectivity index is 2.41. The highest BCUT2D eigenvalue weighted by Crippen LogP contribution is 2.29. The van der Waals surface area contributed by atoms with Crippen LogP contribution in [0.3, 0.4) is 0 Å². The fraction of sp³-hybridized carbons (Fsp3) is 0.231. The Morgan fingerprint density at radius 1 is 1.25 bits per heavy atom. The molecule has 1 aromatic heterocycles. The van der Waals surface area contributed by atoms with Gasteiger partial charge in [0.2, 0.25) is 0 Å². The first-order valence-electron chi connectivity index (χ1n) is 5.19. The van der Waals surface area contributed by atoms with Gasteiger partial charge < -0.3 is 14.5 Å². The van der Waals surface area contributed by atoms with Crippen LogP contribution in [0.5, 0.6) is 5.75 Å². The van der Waals surface area contributed by atoms with E-state index in [1.54, 1.807) is 19.6 Å². The van der Waals surface area contributed by atoms with Crippen LogP contribution >= 0.6 is 0 Å². The lowest BCUT2D eigenvalue weighted by Gasteiger charge is -2.17. The zero-order valence-corrected chi connectivity index (χ0v) is 9.44. The van der Waals surface area contributed by atoms with Gasteiger partial charge in [0.15, 0.2) is 0 Å². The minimum atomic E-state index is 0.0925. The standard InChI is InChI=1S/C13H15NO2/c1-14-13(10-7-8-16-9-10)11-5-3-4-6-12(11)15-2/h3-9,13-14H,1-2H3. The van der Waals surface area contributed by atoms with Gasteiger partial charge in [-0.2, -0.15) is 0 Å². The number of benzene rings is 1. The largest absolute Gasteiger partial charge is 0.496 e.